The number of alkyl halides is 17. The maximum atomic E-state index is 14.9. The topological polar surface area (TPSA) is 61.8 Å². The highest BCUT2D eigenvalue weighted by Gasteiger charge is 2.96. The maximum Gasteiger partial charge on any atom is 0.467 e. The number of ether oxygens (including phenoxy) is 3. The predicted molar refractivity (Wildman–Crippen MR) is 143 cm³/mol. The van der Waals surface area contributed by atoms with Crippen molar-refractivity contribution in [3.05, 3.63) is 54.1 Å². The molecule has 0 radical (unpaired) electrons. The molecule has 52 heavy (non-hydrogen) atoms. The number of esters is 2. The van der Waals surface area contributed by atoms with Gasteiger partial charge in [-0.05, 0) is 50.1 Å². The highest BCUT2D eigenvalue weighted by molar-refractivity contribution is 5.94. The second kappa shape index (κ2) is 14.9. The minimum absolute atomic E-state index is 0.0740. The Hall–Kier alpha value is -3.75. The Kier molecular flexibility index (Phi) is 12.8. The first kappa shape index (κ1) is 44.4. The van der Waals surface area contributed by atoms with Gasteiger partial charge in [0.1, 0.15) is 5.75 Å². The minimum Gasteiger partial charge on any atom is -0.459 e. The Morgan fingerprint density at radius 1 is 0.692 bits per heavy atom. The Balaban J connectivity index is 2.42. The fraction of sp³-hybridized carbons (Fsp3) is 0.600. The fourth-order valence-corrected chi connectivity index (χ4v) is 4.39. The highest BCUT2D eigenvalue weighted by atomic mass is 19.4. The number of unbranched alkanes of at least 4 members (excludes halogenated alkanes) is 3. The second-order valence-corrected chi connectivity index (χ2v) is 11.4. The quantitative estimate of drug-likeness (QED) is 0.0948. The Bertz CT molecular complexity index is 1470. The molecule has 0 spiro atoms. The monoisotopic (exact) mass is 790 g/mol. The summed E-state index contributed by atoms with van der Waals surface area (Å²) < 4.78 is 244. The number of carbonyl (C=O) groups excluding carboxylic acids is 2. The van der Waals surface area contributed by atoms with Crippen molar-refractivity contribution >= 4 is 11.9 Å². The van der Waals surface area contributed by atoms with Crippen LogP contribution in [0.1, 0.15) is 62.7 Å². The third kappa shape index (κ3) is 7.93. The first-order chi connectivity index (χ1) is 23.4. The van der Waals surface area contributed by atoms with Crippen molar-refractivity contribution in [3.63, 3.8) is 0 Å². The minimum atomic E-state index is -8.76. The van der Waals surface area contributed by atoms with Gasteiger partial charge < -0.3 is 14.2 Å². The molecule has 2 rings (SSSR count). The van der Waals surface area contributed by atoms with Crippen molar-refractivity contribution in [1.82, 2.24) is 0 Å². The van der Waals surface area contributed by atoms with Gasteiger partial charge in [-0.25, -0.2) is 9.59 Å². The summed E-state index contributed by atoms with van der Waals surface area (Å²) in [6.45, 7) is 3.50. The van der Waals surface area contributed by atoms with E-state index in [4.69, 9.17) is 9.47 Å². The first-order valence-corrected chi connectivity index (χ1v) is 14.7. The molecule has 0 bridgehead atoms. The van der Waals surface area contributed by atoms with E-state index in [0.717, 1.165) is 25.3 Å². The van der Waals surface area contributed by atoms with Crippen LogP contribution in [0.4, 0.5) is 74.6 Å². The van der Waals surface area contributed by atoms with Gasteiger partial charge in [0.2, 0.25) is 5.60 Å². The molecule has 0 aromatic heterocycles. The van der Waals surface area contributed by atoms with E-state index in [0.29, 0.717) is 12.8 Å². The molecule has 0 fully saturated rings. The number of halogens is 17. The van der Waals surface area contributed by atoms with Gasteiger partial charge in [-0.1, -0.05) is 44.4 Å². The van der Waals surface area contributed by atoms with Gasteiger partial charge in [0.25, 0.3) is 0 Å². The van der Waals surface area contributed by atoms with Crippen LogP contribution in [-0.2, 0) is 14.3 Å². The number of benzene rings is 1. The lowest BCUT2D eigenvalue weighted by atomic mass is 9.90. The van der Waals surface area contributed by atoms with Crippen LogP contribution < -0.4 is 4.74 Å². The third-order valence-corrected chi connectivity index (χ3v) is 7.48. The summed E-state index contributed by atoms with van der Waals surface area (Å²) in [5, 5.41) is 0. The van der Waals surface area contributed by atoms with Crippen molar-refractivity contribution in [2.75, 3.05) is 0 Å². The van der Waals surface area contributed by atoms with Crippen LogP contribution in [0.25, 0.3) is 0 Å². The van der Waals surface area contributed by atoms with Crippen molar-refractivity contribution < 1.29 is 98.4 Å². The van der Waals surface area contributed by atoms with Gasteiger partial charge in [0.05, 0.1) is 11.7 Å². The maximum absolute atomic E-state index is 14.9. The van der Waals surface area contributed by atoms with Gasteiger partial charge in [-0.3, -0.25) is 0 Å². The highest BCUT2D eigenvalue weighted by Crippen LogP contribution is 2.64. The van der Waals surface area contributed by atoms with Crippen molar-refractivity contribution in [3.8, 4) is 5.75 Å². The Morgan fingerprint density at radius 3 is 1.67 bits per heavy atom. The smallest absolute Gasteiger partial charge is 0.459 e. The molecule has 1 aromatic rings. The molecule has 1 aliphatic rings. The summed E-state index contributed by atoms with van der Waals surface area (Å²) >= 11 is 0. The number of carbonyl (C=O) groups is 2. The summed E-state index contributed by atoms with van der Waals surface area (Å²) in [4.78, 5) is 25.9. The zero-order valence-electron chi connectivity index (χ0n) is 26.4. The molecule has 0 heterocycles. The van der Waals surface area contributed by atoms with Crippen LogP contribution in [0, 0.1) is 0 Å². The first-order valence-electron chi connectivity index (χ1n) is 14.7. The summed E-state index contributed by atoms with van der Waals surface area (Å²) in [5.74, 6) is -54.9. The molecule has 1 aliphatic carbocycles. The van der Waals surface area contributed by atoms with E-state index in [1.807, 2.05) is 6.92 Å². The third-order valence-electron chi connectivity index (χ3n) is 7.48. The van der Waals surface area contributed by atoms with E-state index in [-0.39, 0.29) is 30.7 Å². The van der Waals surface area contributed by atoms with Crippen LogP contribution >= 0.6 is 0 Å². The van der Waals surface area contributed by atoms with Crippen LogP contribution in [0.5, 0.6) is 5.75 Å². The van der Waals surface area contributed by atoms with E-state index in [1.165, 1.54) is 25.2 Å². The zero-order chi connectivity index (χ0) is 40.4. The van der Waals surface area contributed by atoms with E-state index in [2.05, 4.69) is 4.74 Å². The lowest BCUT2D eigenvalue weighted by Gasteiger charge is -2.43. The average Bonchev–Trinajstić information content (AvgIpc) is 3.02. The van der Waals surface area contributed by atoms with E-state index >= 15 is 0 Å². The van der Waals surface area contributed by atoms with Crippen LogP contribution in [0.15, 0.2) is 48.6 Å². The molecular weight excluding hydrogens is 763 g/mol. The van der Waals surface area contributed by atoms with E-state index in [9.17, 15) is 84.2 Å². The molecule has 3 atom stereocenters. The Labute approximate surface area is 282 Å². The van der Waals surface area contributed by atoms with E-state index in [1.54, 1.807) is 0 Å². The lowest BCUT2D eigenvalue weighted by Crippen LogP contribution is -2.76. The summed E-state index contributed by atoms with van der Waals surface area (Å²) in [6, 6.07) is 0.398. The van der Waals surface area contributed by atoms with Gasteiger partial charge in [0, 0.05) is 6.42 Å². The normalized spacial score (nSPS) is 19.5. The average molecular weight is 791 g/mol. The molecular formula is C30H27F17O5. The van der Waals surface area contributed by atoms with Crippen molar-refractivity contribution in [2.24, 2.45) is 0 Å². The fourth-order valence-electron chi connectivity index (χ4n) is 4.39. The summed E-state index contributed by atoms with van der Waals surface area (Å²) in [7, 11) is 0. The van der Waals surface area contributed by atoms with Gasteiger partial charge in [0.15, 0.2) is 0 Å². The standard InChI is InChI=1S/C30H27F17O5/c1-3-4-5-7-10-17(2)50-21(49)22(15-8-6-9-16-22)52-20(48)18-11-13-19(14-12-18)51-28(41,30(45,46)47)26(37,38)24(33,34)23(31,32)25(35,36)27(39,40)29(42,43)44/h6,8-9,11-15,17H,3-5,7,10,16H2,1-2H3. The van der Waals surface area contributed by atoms with Crippen molar-refractivity contribution in [2.45, 2.75) is 112 Å². The van der Waals surface area contributed by atoms with Crippen molar-refractivity contribution in [1.29, 1.82) is 0 Å². The van der Waals surface area contributed by atoms with Gasteiger partial charge in [-0.15, -0.1) is 0 Å². The van der Waals surface area contributed by atoms with E-state index < -0.39 is 82.8 Å². The molecule has 0 aliphatic heterocycles. The summed E-state index contributed by atoms with van der Waals surface area (Å²) in [6.07, 6.45) is -7.66. The molecule has 0 amide bonds. The predicted octanol–water partition coefficient (Wildman–Crippen LogP) is 10.3. The molecule has 5 nitrogen and oxygen atoms in total. The number of allylic oxidation sites excluding steroid dienone is 2. The zero-order valence-corrected chi connectivity index (χ0v) is 26.4. The number of rotatable bonds is 16. The Morgan fingerprint density at radius 2 is 1.21 bits per heavy atom. The van der Waals surface area contributed by atoms with Gasteiger partial charge in [-0.2, -0.15) is 74.6 Å². The second-order valence-electron chi connectivity index (χ2n) is 11.4. The largest absolute Gasteiger partial charge is 0.467 e. The molecule has 0 N–H and O–H groups in total. The number of hydrogen-bond acceptors (Lipinski definition) is 5. The molecule has 3 unspecified atom stereocenters. The van der Waals surface area contributed by atoms with Crippen LogP contribution in [0.3, 0.4) is 0 Å². The summed E-state index contributed by atoms with van der Waals surface area (Å²) in [5.41, 5.74) is -2.95. The van der Waals surface area contributed by atoms with Crippen LogP contribution in [0.2, 0.25) is 0 Å². The molecule has 0 saturated carbocycles. The van der Waals surface area contributed by atoms with Gasteiger partial charge >= 0.3 is 59.8 Å². The van der Waals surface area contributed by atoms with Crippen LogP contribution in [-0.4, -0.2) is 71.5 Å². The molecule has 1 aromatic carbocycles. The SMILES string of the molecule is CCCCCCC(C)OC(=O)C1(OC(=O)c2ccc(OC(F)(C(F)(F)F)C(F)(F)C(F)(F)C(F)(F)C(F)(F)C(F)(F)C(F)(F)F)cc2)C=CC=CC1. The number of hydrogen-bond donors (Lipinski definition) is 0. The lowest BCUT2D eigenvalue weighted by molar-refractivity contribution is -0.473. The molecule has 22 heteroatoms. The molecule has 296 valence electrons. The molecule has 0 saturated heterocycles.